The van der Waals surface area contributed by atoms with Crippen LogP contribution in [0.2, 0.25) is 0 Å². The summed E-state index contributed by atoms with van der Waals surface area (Å²) in [4.78, 5) is 14.1. The number of nitrogens with one attached hydrogen (secondary N) is 1. The number of halogens is 1. The zero-order valence-electron chi connectivity index (χ0n) is 14.4. The van der Waals surface area contributed by atoms with E-state index in [1.165, 1.54) is 4.31 Å². The van der Waals surface area contributed by atoms with Gasteiger partial charge in [0.25, 0.3) is 0 Å². The highest BCUT2D eigenvalue weighted by Crippen LogP contribution is 2.24. The normalized spacial score (nSPS) is 15.9. The number of piperazine rings is 1. The van der Waals surface area contributed by atoms with E-state index in [4.69, 9.17) is 4.52 Å². The van der Waals surface area contributed by atoms with Crippen LogP contribution in [0, 0.1) is 13.8 Å². The number of aryl methyl sites for hydroxylation is 2. The second-order valence-corrected chi connectivity index (χ2v) is 8.77. The van der Waals surface area contributed by atoms with E-state index in [-0.39, 0.29) is 29.8 Å². The summed E-state index contributed by atoms with van der Waals surface area (Å²) in [7, 11) is -3.68. The summed E-state index contributed by atoms with van der Waals surface area (Å²) in [6.45, 7) is 4.25. The zero-order valence-corrected chi connectivity index (χ0v) is 16.8. The highest BCUT2D eigenvalue weighted by Gasteiger charge is 2.34. The monoisotopic (exact) mass is 442 g/mol. The summed E-state index contributed by atoms with van der Waals surface area (Å²) in [5, 5.41) is 6.53. The number of aromatic nitrogens is 1. The van der Waals surface area contributed by atoms with Crippen molar-refractivity contribution in [3.05, 3.63) is 40.2 Å². The molecule has 1 aromatic carbocycles. The van der Waals surface area contributed by atoms with Crippen LogP contribution < -0.4 is 5.32 Å². The van der Waals surface area contributed by atoms with Crippen molar-refractivity contribution >= 4 is 37.7 Å². The molecule has 1 aliphatic rings. The van der Waals surface area contributed by atoms with Gasteiger partial charge in [-0.15, -0.1) is 0 Å². The Morgan fingerprint density at radius 1 is 1.15 bits per heavy atom. The number of urea groups is 1. The van der Waals surface area contributed by atoms with Crippen molar-refractivity contribution in [3.63, 3.8) is 0 Å². The number of amides is 2. The number of benzene rings is 1. The van der Waals surface area contributed by atoms with Crippen molar-refractivity contribution in [1.82, 2.24) is 14.4 Å². The second-order valence-electron chi connectivity index (χ2n) is 5.98. The third kappa shape index (κ3) is 3.76. The van der Waals surface area contributed by atoms with E-state index >= 15 is 0 Å². The summed E-state index contributed by atoms with van der Waals surface area (Å²) >= 11 is 3.34. The molecule has 10 heteroatoms. The van der Waals surface area contributed by atoms with Crippen molar-refractivity contribution in [2.45, 2.75) is 18.7 Å². The number of nitrogens with zero attached hydrogens (tertiary/aromatic N) is 3. The van der Waals surface area contributed by atoms with Gasteiger partial charge in [-0.3, -0.25) is 0 Å². The van der Waals surface area contributed by atoms with E-state index in [0.29, 0.717) is 24.5 Å². The summed E-state index contributed by atoms with van der Waals surface area (Å²) in [6, 6.07) is 7.01. The van der Waals surface area contributed by atoms with Crippen molar-refractivity contribution in [2.24, 2.45) is 0 Å². The maximum Gasteiger partial charge on any atom is 0.321 e. The van der Waals surface area contributed by atoms with Gasteiger partial charge in [0, 0.05) is 36.3 Å². The topological polar surface area (TPSA) is 95.8 Å². The quantitative estimate of drug-likeness (QED) is 0.787. The standard InChI is InChI=1S/C16H19BrN4O4S/c1-11-15(12(2)25-19-11)26(23,24)21-9-7-20(8-10-21)16(22)18-14-5-3-13(17)4-6-14/h3-6H,7-10H2,1-2H3,(H,18,22). The Morgan fingerprint density at radius 2 is 1.77 bits per heavy atom. The van der Waals surface area contributed by atoms with Gasteiger partial charge in [-0.25, -0.2) is 13.2 Å². The maximum atomic E-state index is 12.8. The lowest BCUT2D eigenvalue weighted by Gasteiger charge is -2.33. The first-order valence-electron chi connectivity index (χ1n) is 8.03. The lowest BCUT2D eigenvalue weighted by atomic mass is 10.3. The molecule has 26 heavy (non-hydrogen) atoms. The van der Waals surface area contributed by atoms with Crippen LogP contribution in [-0.4, -0.2) is 55.0 Å². The van der Waals surface area contributed by atoms with Gasteiger partial charge in [-0.05, 0) is 38.1 Å². The Balaban J connectivity index is 1.63. The minimum absolute atomic E-state index is 0.116. The van der Waals surface area contributed by atoms with Crippen LogP contribution in [-0.2, 0) is 10.0 Å². The summed E-state index contributed by atoms with van der Waals surface area (Å²) < 4.78 is 32.8. The van der Waals surface area contributed by atoms with Crippen molar-refractivity contribution in [1.29, 1.82) is 0 Å². The van der Waals surface area contributed by atoms with Gasteiger partial charge in [0.1, 0.15) is 10.6 Å². The van der Waals surface area contributed by atoms with Gasteiger partial charge in [0.15, 0.2) is 5.76 Å². The molecule has 2 aromatic rings. The summed E-state index contributed by atoms with van der Waals surface area (Å²) in [5.41, 5.74) is 1.03. The average molecular weight is 443 g/mol. The van der Waals surface area contributed by atoms with Crippen LogP contribution in [0.15, 0.2) is 38.2 Å². The fourth-order valence-corrected chi connectivity index (χ4v) is 4.82. The highest BCUT2D eigenvalue weighted by molar-refractivity contribution is 9.10. The molecule has 1 aliphatic heterocycles. The van der Waals surface area contributed by atoms with E-state index in [0.717, 1.165) is 4.47 Å². The van der Waals surface area contributed by atoms with Gasteiger partial charge in [-0.2, -0.15) is 4.31 Å². The molecular formula is C16H19BrN4O4S. The minimum atomic E-state index is -3.68. The molecule has 0 aliphatic carbocycles. The first-order valence-corrected chi connectivity index (χ1v) is 10.3. The summed E-state index contributed by atoms with van der Waals surface area (Å²) in [5.74, 6) is 0.276. The number of carbonyl (C=O) groups excluding carboxylic acids is 1. The van der Waals surface area contributed by atoms with Crippen molar-refractivity contribution in [3.8, 4) is 0 Å². The van der Waals surface area contributed by atoms with E-state index in [1.54, 1.807) is 30.9 Å². The third-order valence-corrected chi connectivity index (χ3v) is 6.86. The lowest BCUT2D eigenvalue weighted by molar-refractivity contribution is 0.184. The first-order chi connectivity index (χ1) is 12.3. The highest BCUT2D eigenvalue weighted by atomic mass is 79.9. The van der Waals surface area contributed by atoms with Gasteiger partial charge < -0.3 is 14.7 Å². The predicted octanol–water partition coefficient (Wildman–Crippen LogP) is 2.59. The predicted molar refractivity (Wildman–Crippen MR) is 99.5 cm³/mol. The molecule has 0 radical (unpaired) electrons. The minimum Gasteiger partial charge on any atom is -0.360 e. The fourth-order valence-electron chi connectivity index (χ4n) is 2.84. The van der Waals surface area contributed by atoms with E-state index in [1.807, 2.05) is 12.1 Å². The second kappa shape index (κ2) is 7.37. The van der Waals surface area contributed by atoms with Gasteiger partial charge in [-0.1, -0.05) is 21.1 Å². The van der Waals surface area contributed by atoms with Crippen molar-refractivity contribution in [2.75, 3.05) is 31.5 Å². The number of sulfonamides is 1. The number of rotatable bonds is 3. The molecule has 2 heterocycles. The SMILES string of the molecule is Cc1noc(C)c1S(=O)(=O)N1CCN(C(=O)Nc2ccc(Br)cc2)CC1. The van der Waals surface area contributed by atoms with Gasteiger partial charge in [0.2, 0.25) is 10.0 Å². The van der Waals surface area contributed by atoms with E-state index in [9.17, 15) is 13.2 Å². The molecule has 140 valence electrons. The summed E-state index contributed by atoms with van der Waals surface area (Å²) in [6.07, 6.45) is 0. The molecule has 2 amide bonds. The largest absolute Gasteiger partial charge is 0.360 e. The molecule has 1 aromatic heterocycles. The van der Waals surface area contributed by atoms with Crippen LogP contribution >= 0.6 is 15.9 Å². The molecule has 0 bridgehead atoms. The Kier molecular flexibility index (Phi) is 5.35. The van der Waals surface area contributed by atoms with E-state index < -0.39 is 10.0 Å². The Bertz CT molecular complexity index is 883. The maximum absolute atomic E-state index is 12.8. The van der Waals surface area contributed by atoms with Gasteiger partial charge >= 0.3 is 6.03 Å². The molecule has 1 saturated heterocycles. The van der Waals surface area contributed by atoms with Crippen LogP contribution in [0.5, 0.6) is 0 Å². The first kappa shape index (κ1) is 18.9. The molecule has 3 rings (SSSR count). The lowest BCUT2D eigenvalue weighted by Crippen LogP contribution is -2.51. The van der Waals surface area contributed by atoms with Crippen LogP contribution in [0.1, 0.15) is 11.5 Å². The third-order valence-electron chi connectivity index (χ3n) is 4.19. The fraction of sp³-hybridized carbons (Fsp3) is 0.375. The Labute approximate surface area is 160 Å². The number of carbonyl (C=O) groups is 1. The van der Waals surface area contributed by atoms with E-state index in [2.05, 4.69) is 26.4 Å². The molecule has 0 saturated carbocycles. The van der Waals surface area contributed by atoms with Crippen molar-refractivity contribution < 1.29 is 17.7 Å². The average Bonchev–Trinajstić information content (AvgIpc) is 2.96. The smallest absolute Gasteiger partial charge is 0.321 e. The molecule has 1 fully saturated rings. The zero-order chi connectivity index (χ0) is 18.9. The number of anilines is 1. The molecule has 1 N–H and O–H groups in total. The molecule has 0 atom stereocenters. The Hall–Kier alpha value is -1.91. The van der Waals surface area contributed by atoms with Crippen LogP contribution in [0.3, 0.4) is 0 Å². The van der Waals surface area contributed by atoms with Gasteiger partial charge in [0.05, 0.1) is 0 Å². The molecule has 0 unspecified atom stereocenters. The number of hydrogen-bond donors (Lipinski definition) is 1. The number of hydrogen-bond acceptors (Lipinski definition) is 5. The molecular weight excluding hydrogens is 424 g/mol. The molecule has 0 spiro atoms. The van der Waals surface area contributed by atoms with Crippen LogP contribution in [0.25, 0.3) is 0 Å². The van der Waals surface area contributed by atoms with Crippen LogP contribution in [0.4, 0.5) is 10.5 Å². The Morgan fingerprint density at radius 3 is 2.31 bits per heavy atom. The molecule has 8 nitrogen and oxygen atoms in total.